The van der Waals surface area contributed by atoms with E-state index < -0.39 is 0 Å². The molecule has 0 aliphatic carbocycles. The number of hydrogen-bond donors (Lipinski definition) is 0. The third kappa shape index (κ3) is 4.20. The molecular formula is C42H24N4O2. The summed E-state index contributed by atoms with van der Waals surface area (Å²) in [6, 6.07) is 48.9. The molecule has 0 spiro atoms. The number of furan rings is 1. The molecule has 3 aromatic heterocycles. The fraction of sp³-hybridized carbons (Fsp3) is 0. The molecule has 0 saturated heterocycles. The van der Waals surface area contributed by atoms with Crippen molar-refractivity contribution < 1.29 is 8.83 Å². The highest BCUT2D eigenvalue weighted by molar-refractivity contribution is 6.24. The van der Waals surface area contributed by atoms with E-state index in [2.05, 4.69) is 48.5 Å². The molecule has 10 aromatic rings. The predicted octanol–water partition coefficient (Wildman–Crippen LogP) is 10.9. The van der Waals surface area contributed by atoms with E-state index >= 15 is 0 Å². The molecule has 48 heavy (non-hydrogen) atoms. The number of aromatic nitrogens is 4. The van der Waals surface area contributed by atoms with Crippen LogP contribution in [0, 0.1) is 0 Å². The van der Waals surface area contributed by atoms with E-state index in [9.17, 15) is 0 Å². The molecule has 0 aliphatic heterocycles. The standard InChI is InChI=1S/C42H24N4O2/c1-4-13-26(14-5-1)39-44-40(27-15-6-2-7-16-27)46-41(45-39)33-24-35-37(43-42(48-35)28-17-8-3-9-18-28)36-32-23-31-29(22-34(32)47-38(33)36)21-20-25-12-10-11-19-30(25)31/h1-24H. The zero-order valence-electron chi connectivity index (χ0n) is 25.5. The van der Waals surface area contributed by atoms with Crippen LogP contribution in [-0.2, 0) is 0 Å². The summed E-state index contributed by atoms with van der Waals surface area (Å²) < 4.78 is 13.3. The maximum absolute atomic E-state index is 6.79. The lowest BCUT2D eigenvalue weighted by atomic mass is 9.99. The Morgan fingerprint density at radius 1 is 0.396 bits per heavy atom. The van der Waals surface area contributed by atoms with Crippen molar-refractivity contribution in [3.8, 4) is 45.6 Å². The van der Waals surface area contributed by atoms with Crippen molar-refractivity contribution in [1.82, 2.24) is 19.9 Å². The van der Waals surface area contributed by atoms with Gasteiger partial charge in [0.2, 0.25) is 5.89 Å². The molecule has 0 aliphatic rings. The van der Waals surface area contributed by atoms with Crippen molar-refractivity contribution in [2.24, 2.45) is 0 Å². The van der Waals surface area contributed by atoms with Crippen LogP contribution in [0.2, 0.25) is 0 Å². The van der Waals surface area contributed by atoms with Crippen LogP contribution in [-0.4, -0.2) is 19.9 Å². The minimum Gasteiger partial charge on any atom is -0.455 e. The molecular weight excluding hydrogens is 592 g/mol. The maximum Gasteiger partial charge on any atom is 0.227 e. The third-order valence-electron chi connectivity index (χ3n) is 8.92. The molecule has 0 unspecified atom stereocenters. The molecule has 6 heteroatoms. The van der Waals surface area contributed by atoms with Crippen LogP contribution in [0.25, 0.3) is 100 Å². The minimum atomic E-state index is 0.487. The Kier molecular flexibility index (Phi) is 5.77. The fourth-order valence-corrected chi connectivity index (χ4v) is 6.63. The Hall–Kier alpha value is -6.66. The first-order valence-corrected chi connectivity index (χ1v) is 15.8. The lowest BCUT2D eigenvalue weighted by Crippen LogP contribution is -2.00. The van der Waals surface area contributed by atoms with Crippen molar-refractivity contribution in [2.75, 3.05) is 0 Å². The Balaban J connectivity index is 1.32. The molecule has 0 atom stereocenters. The second kappa shape index (κ2) is 10.4. The van der Waals surface area contributed by atoms with Crippen LogP contribution >= 0.6 is 0 Å². The molecule has 0 amide bonds. The summed E-state index contributed by atoms with van der Waals surface area (Å²) in [7, 11) is 0. The minimum absolute atomic E-state index is 0.487. The summed E-state index contributed by atoms with van der Waals surface area (Å²) >= 11 is 0. The normalized spacial score (nSPS) is 11.8. The first-order valence-electron chi connectivity index (χ1n) is 15.8. The van der Waals surface area contributed by atoms with Crippen molar-refractivity contribution >= 4 is 54.6 Å². The Labute approximate surface area is 274 Å². The van der Waals surface area contributed by atoms with Gasteiger partial charge in [-0.3, -0.25) is 0 Å². The number of nitrogens with zero attached hydrogens (tertiary/aromatic N) is 4. The second-order valence-electron chi connectivity index (χ2n) is 11.9. The van der Waals surface area contributed by atoms with Crippen LogP contribution < -0.4 is 0 Å². The summed E-state index contributed by atoms with van der Waals surface area (Å²) in [5.41, 5.74) is 6.14. The summed E-state index contributed by atoms with van der Waals surface area (Å²) in [5.74, 6) is 2.17. The van der Waals surface area contributed by atoms with Crippen LogP contribution in [0.3, 0.4) is 0 Å². The van der Waals surface area contributed by atoms with E-state index in [1.165, 1.54) is 10.8 Å². The van der Waals surface area contributed by atoms with Crippen molar-refractivity contribution in [2.45, 2.75) is 0 Å². The second-order valence-corrected chi connectivity index (χ2v) is 11.9. The number of rotatable bonds is 4. The highest BCUT2D eigenvalue weighted by Gasteiger charge is 2.24. The van der Waals surface area contributed by atoms with Crippen LogP contribution in [0.5, 0.6) is 0 Å². The summed E-state index contributed by atoms with van der Waals surface area (Å²) in [4.78, 5) is 20.1. The van der Waals surface area contributed by atoms with Gasteiger partial charge in [-0.25, -0.2) is 19.9 Å². The van der Waals surface area contributed by atoms with Crippen molar-refractivity contribution in [3.05, 3.63) is 146 Å². The Bertz CT molecular complexity index is 2770. The quantitative estimate of drug-likeness (QED) is 0.183. The molecule has 10 rings (SSSR count). The Morgan fingerprint density at radius 2 is 1.00 bits per heavy atom. The largest absolute Gasteiger partial charge is 0.455 e. The zero-order chi connectivity index (χ0) is 31.6. The monoisotopic (exact) mass is 616 g/mol. The van der Waals surface area contributed by atoms with E-state index in [1.807, 2.05) is 97.1 Å². The van der Waals surface area contributed by atoms with Gasteiger partial charge < -0.3 is 8.83 Å². The molecule has 3 heterocycles. The highest BCUT2D eigenvalue weighted by atomic mass is 16.4. The summed E-state index contributed by atoms with van der Waals surface area (Å²) in [5, 5.41) is 6.42. The van der Waals surface area contributed by atoms with Gasteiger partial charge in [-0.15, -0.1) is 0 Å². The highest BCUT2D eigenvalue weighted by Crippen LogP contribution is 2.43. The van der Waals surface area contributed by atoms with Gasteiger partial charge in [-0.1, -0.05) is 115 Å². The molecule has 7 aromatic carbocycles. The number of fused-ring (bicyclic) bond motifs is 8. The van der Waals surface area contributed by atoms with Crippen LogP contribution in [0.1, 0.15) is 0 Å². The topological polar surface area (TPSA) is 77.8 Å². The first-order chi connectivity index (χ1) is 23.8. The lowest BCUT2D eigenvalue weighted by Gasteiger charge is -2.08. The molecule has 6 nitrogen and oxygen atoms in total. The van der Waals surface area contributed by atoms with Gasteiger partial charge in [0.25, 0.3) is 0 Å². The van der Waals surface area contributed by atoms with Crippen LogP contribution in [0.4, 0.5) is 0 Å². The van der Waals surface area contributed by atoms with Gasteiger partial charge in [0.1, 0.15) is 16.7 Å². The Morgan fingerprint density at radius 3 is 1.71 bits per heavy atom. The zero-order valence-corrected chi connectivity index (χ0v) is 25.5. The van der Waals surface area contributed by atoms with Gasteiger partial charge >= 0.3 is 0 Å². The van der Waals surface area contributed by atoms with Crippen molar-refractivity contribution in [3.63, 3.8) is 0 Å². The van der Waals surface area contributed by atoms with Gasteiger partial charge in [-0.05, 0) is 51.9 Å². The van der Waals surface area contributed by atoms with Gasteiger partial charge in [0.15, 0.2) is 23.1 Å². The average molecular weight is 617 g/mol. The molecule has 224 valence electrons. The maximum atomic E-state index is 6.79. The average Bonchev–Trinajstić information content (AvgIpc) is 3.76. The van der Waals surface area contributed by atoms with E-state index in [0.29, 0.717) is 40.1 Å². The lowest BCUT2D eigenvalue weighted by molar-refractivity contribution is 0.619. The van der Waals surface area contributed by atoms with Gasteiger partial charge in [0.05, 0.1) is 10.9 Å². The molecule has 0 bridgehead atoms. The number of oxazole rings is 1. The van der Waals surface area contributed by atoms with Gasteiger partial charge in [-0.2, -0.15) is 0 Å². The fourth-order valence-electron chi connectivity index (χ4n) is 6.63. The number of hydrogen-bond acceptors (Lipinski definition) is 6. The van der Waals surface area contributed by atoms with E-state index in [0.717, 1.165) is 49.3 Å². The SMILES string of the molecule is c1ccc(-c2nc(-c3ccccc3)nc(-c3cc4oc(-c5ccccc5)nc4c4c3oc3cc5ccc6ccccc6c5cc34)n2)cc1. The molecule has 0 saturated carbocycles. The molecule has 0 N–H and O–H groups in total. The van der Waals surface area contributed by atoms with Gasteiger partial charge in [0, 0.05) is 22.1 Å². The van der Waals surface area contributed by atoms with E-state index in [1.54, 1.807) is 0 Å². The van der Waals surface area contributed by atoms with E-state index in [4.69, 9.17) is 28.8 Å². The molecule has 0 fully saturated rings. The summed E-state index contributed by atoms with van der Waals surface area (Å²) in [6.45, 7) is 0. The number of benzene rings is 7. The van der Waals surface area contributed by atoms with E-state index in [-0.39, 0.29) is 0 Å². The summed E-state index contributed by atoms with van der Waals surface area (Å²) in [6.07, 6.45) is 0. The van der Waals surface area contributed by atoms with Crippen LogP contribution in [0.15, 0.2) is 154 Å². The van der Waals surface area contributed by atoms with Crippen molar-refractivity contribution in [1.29, 1.82) is 0 Å². The first kappa shape index (κ1) is 26.5. The third-order valence-corrected chi connectivity index (χ3v) is 8.92. The smallest absolute Gasteiger partial charge is 0.227 e. The predicted molar refractivity (Wildman–Crippen MR) is 191 cm³/mol. The molecule has 0 radical (unpaired) electrons.